The van der Waals surface area contributed by atoms with Gasteiger partial charge in [0.25, 0.3) is 5.91 Å². The summed E-state index contributed by atoms with van der Waals surface area (Å²) in [6, 6.07) is 1.91. The lowest BCUT2D eigenvalue weighted by Crippen LogP contribution is -2.10. The zero-order valence-corrected chi connectivity index (χ0v) is 9.10. The second kappa shape index (κ2) is 3.51. The number of carbonyl (C=O) groups excluding carboxylic acids is 1. The fourth-order valence-electron chi connectivity index (χ4n) is 1.59. The molecule has 0 radical (unpaired) electrons. The van der Waals surface area contributed by atoms with Crippen molar-refractivity contribution in [1.82, 2.24) is 4.98 Å². The van der Waals surface area contributed by atoms with Crippen LogP contribution in [-0.2, 0) is 6.42 Å². The van der Waals surface area contributed by atoms with Gasteiger partial charge in [-0.2, -0.15) is 0 Å². The highest BCUT2D eigenvalue weighted by atomic mass is 32.1. The summed E-state index contributed by atoms with van der Waals surface area (Å²) in [6.07, 6.45) is 2.58. The Hall–Kier alpha value is -1.62. The average Bonchev–Trinajstić information content (AvgIpc) is 2.56. The van der Waals surface area contributed by atoms with E-state index in [1.54, 1.807) is 6.20 Å². The Balaban J connectivity index is 2.82. The Morgan fingerprint density at radius 1 is 1.60 bits per heavy atom. The first-order chi connectivity index (χ1) is 7.15. The van der Waals surface area contributed by atoms with Crippen LogP contribution in [0, 0.1) is 0 Å². The second-order valence-electron chi connectivity index (χ2n) is 3.21. The second-order valence-corrected chi connectivity index (χ2v) is 4.21. The molecule has 2 rings (SSSR count). The number of amides is 1. The van der Waals surface area contributed by atoms with E-state index in [0.717, 1.165) is 22.2 Å². The Morgan fingerprint density at radius 3 is 2.93 bits per heavy atom. The summed E-state index contributed by atoms with van der Waals surface area (Å²) in [5, 5.41) is 0.874. The molecule has 0 aliphatic rings. The molecule has 0 aliphatic heterocycles. The lowest BCUT2D eigenvalue weighted by molar-refractivity contribution is 0.100. The van der Waals surface area contributed by atoms with Crippen molar-refractivity contribution in [2.45, 2.75) is 13.3 Å². The van der Waals surface area contributed by atoms with Gasteiger partial charge in [0, 0.05) is 11.6 Å². The lowest BCUT2D eigenvalue weighted by atomic mass is 10.1. The zero-order valence-electron chi connectivity index (χ0n) is 8.28. The van der Waals surface area contributed by atoms with E-state index >= 15 is 0 Å². The van der Waals surface area contributed by atoms with E-state index < -0.39 is 5.91 Å². The monoisotopic (exact) mass is 221 g/mol. The third kappa shape index (κ3) is 1.45. The molecule has 0 aliphatic carbocycles. The molecule has 4 nitrogen and oxygen atoms in total. The number of primary amides is 1. The number of hydrogen-bond donors (Lipinski definition) is 2. The lowest BCUT2D eigenvalue weighted by Gasteiger charge is -1.99. The topological polar surface area (TPSA) is 82.0 Å². The summed E-state index contributed by atoms with van der Waals surface area (Å²) in [5.74, 6) is -0.488. The summed E-state index contributed by atoms with van der Waals surface area (Å²) in [5.41, 5.74) is 12.7. The first kappa shape index (κ1) is 9.92. The summed E-state index contributed by atoms with van der Waals surface area (Å²) in [7, 11) is 0. The maximum atomic E-state index is 11.1. The molecule has 1 amide bonds. The minimum absolute atomic E-state index is 0.401. The van der Waals surface area contributed by atoms with Crippen molar-refractivity contribution in [3.63, 3.8) is 0 Å². The van der Waals surface area contributed by atoms with Crippen molar-refractivity contribution in [3.8, 4) is 0 Å². The van der Waals surface area contributed by atoms with Gasteiger partial charge in [-0.3, -0.25) is 4.79 Å². The smallest absolute Gasteiger partial charge is 0.260 e. The standard InChI is InChI=1S/C10H11N3OS/c1-2-5-3-4-13-10-6(5)7(11)8(15-10)9(12)14/h3-4H,2,11H2,1H3,(H2,12,14). The van der Waals surface area contributed by atoms with Crippen LogP contribution in [0.4, 0.5) is 5.69 Å². The Morgan fingerprint density at radius 2 is 2.33 bits per heavy atom. The molecule has 0 aromatic carbocycles. The minimum atomic E-state index is -0.488. The normalized spacial score (nSPS) is 10.7. The minimum Gasteiger partial charge on any atom is -0.397 e. The number of thiophene rings is 1. The predicted molar refractivity (Wildman–Crippen MR) is 61.9 cm³/mol. The number of pyridine rings is 1. The van der Waals surface area contributed by atoms with Crippen molar-refractivity contribution in [2.75, 3.05) is 5.73 Å². The molecular weight excluding hydrogens is 210 g/mol. The maximum absolute atomic E-state index is 11.1. The predicted octanol–water partition coefficient (Wildman–Crippen LogP) is 1.54. The van der Waals surface area contributed by atoms with E-state index in [4.69, 9.17) is 11.5 Å². The molecule has 0 unspecified atom stereocenters. The summed E-state index contributed by atoms with van der Waals surface area (Å²) in [6.45, 7) is 2.04. The van der Waals surface area contributed by atoms with Gasteiger partial charge in [-0.05, 0) is 18.1 Å². The SMILES string of the molecule is CCc1ccnc2sc(C(N)=O)c(N)c12. The number of carbonyl (C=O) groups is 1. The fourth-order valence-corrected chi connectivity index (χ4v) is 2.55. The molecule has 78 valence electrons. The van der Waals surface area contributed by atoms with Gasteiger partial charge in [-0.1, -0.05) is 6.92 Å². The third-order valence-corrected chi connectivity index (χ3v) is 3.45. The molecular formula is C10H11N3OS. The molecule has 0 spiro atoms. The number of nitrogens with two attached hydrogens (primary N) is 2. The number of aromatic nitrogens is 1. The molecule has 0 saturated heterocycles. The highest BCUT2D eigenvalue weighted by molar-refractivity contribution is 7.21. The third-order valence-electron chi connectivity index (χ3n) is 2.32. The average molecular weight is 221 g/mol. The number of rotatable bonds is 2. The van der Waals surface area contributed by atoms with Crippen molar-refractivity contribution >= 4 is 33.1 Å². The van der Waals surface area contributed by atoms with E-state index in [-0.39, 0.29) is 0 Å². The van der Waals surface area contributed by atoms with Crippen LogP contribution in [0.2, 0.25) is 0 Å². The van der Waals surface area contributed by atoms with Crippen LogP contribution >= 0.6 is 11.3 Å². The molecule has 2 aromatic heterocycles. The molecule has 2 aromatic rings. The highest BCUT2D eigenvalue weighted by Gasteiger charge is 2.16. The van der Waals surface area contributed by atoms with Crippen LogP contribution in [0.3, 0.4) is 0 Å². The van der Waals surface area contributed by atoms with Crippen molar-refractivity contribution in [3.05, 3.63) is 22.7 Å². The molecule has 15 heavy (non-hydrogen) atoms. The highest BCUT2D eigenvalue weighted by Crippen LogP contribution is 2.34. The molecule has 0 saturated carbocycles. The Labute approximate surface area is 90.9 Å². The van der Waals surface area contributed by atoms with Crippen molar-refractivity contribution < 1.29 is 4.79 Å². The van der Waals surface area contributed by atoms with Gasteiger partial charge in [-0.25, -0.2) is 4.98 Å². The number of fused-ring (bicyclic) bond motifs is 1. The van der Waals surface area contributed by atoms with E-state index in [1.165, 1.54) is 11.3 Å². The van der Waals surface area contributed by atoms with Crippen LogP contribution in [0.15, 0.2) is 12.3 Å². The largest absolute Gasteiger partial charge is 0.397 e. The van der Waals surface area contributed by atoms with Crippen molar-refractivity contribution in [1.29, 1.82) is 0 Å². The number of hydrogen-bond acceptors (Lipinski definition) is 4. The zero-order chi connectivity index (χ0) is 11.0. The van der Waals surface area contributed by atoms with Crippen LogP contribution in [0.25, 0.3) is 10.2 Å². The van der Waals surface area contributed by atoms with Gasteiger partial charge in [0.2, 0.25) is 0 Å². The molecule has 0 atom stereocenters. The van der Waals surface area contributed by atoms with E-state index in [9.17, 15) is 4.79 Å². The van der Waals surface area contributed by atoms with Gasteiger partial charge >= 0.3 is 0 Å². The number of nitrogens with zero attached hydrogens (tertiary/aromatic N) is 1. The fraction of sp³-hybridized carbons (Fsp3) is 0.200. The van der Waals surface area contributed by atoms with Crippen LogP contribution < -0.4 is 11.5 Å². The van der Waals surface area contributed by atoms with Gasteiger partial charge in [0.05, 0.1) is 5.69 Å². The van der Waals surface area contributed by atoms with Crippen LogP contribution in [-0.4, -0.2) is 10.9 Å². The van der Waals surface area contributed by atoms with Crippen molar-refractivity contribution in [2.24, 2.45) is 5.73 Å². The maximum Gasteiger partial charge on any atom is 0.260 e. The number of anilines is 1. The molecule has 5 heteroatoms. The van der Waals surface area contributed by atoms with Gasteiger partial charge in [0.1, 0.15) is 9.71 Å². The van der Waals surface area contributed by atoms with Gasteiger partial charge < -0.3 is 11.5 Å². The van der Waals surface area contributed by atoms with E-state index in [2.05, 4.69) is 4.98 Å². The first-order valence-corrected chi connectivity index (χ1v) is 5.42. The van der Waals surface area contributed by atoms with Gasteiger partial charge in [-0.15, -0.1) is 11.3 Å². The van der Waals surface area contributed by atoms with E-state index in [0.29, 0.717) is 10.6 Å². The quantitative estimate of drug-likeness (QED) is 0.807. The van der Waals surface area contributed by atoms with Crippen LogP contribution in [0.1, 0.15) is 22.2 Å². The molecule has 2 heterocycles. The number of nitrogen functional groups attached to an aromatic ring is 1. The first-order valence-electron chi connectivity index (χ1n) is 4.60. The van der Waals surface area contributed by atoms with Gasteiger partial charge in [0.15, 0.2) is 0 Å². The summed E-state index contributed by atoms with van der Waals surface area (Å²) < 4.78 is 0. The molecule has 0 fully saturated rings. The Bertz CT molecular complexity index is 533. The summed E-state index contributed by atoms with van der Waals surface area (Å²) >= 11 is 1.25. The molecule has 4 N–H and O–H groups in total. The van der Waals surface area contributed by atoms with E-state index in [1.807, 2.05) is 13.0 Å². The Kier molecular flexibility index (Phi) is 2.32. The summed E-state index contributed by atoms with van der Waals surface area (Å²) in [4.78, 5) is 16.5. The molecule has 0 bridgehead atoms. The van der Waals surface area contributed by atoms with Crippen LogP contribution in [0.5, 0.6) is 0 Å². The number of aryl methyl sites for hydroxylation is 1.